The van der Waals surface area contributed by atoms with E-state index < -0.39 is 0 Å². The first-order valence-corrected chi connectivity index (χ1v) is 2.16. The monoisotopic (exact) mass is 114 g/mol. The van der Waals surface area contributed by atoms with Gasteiger partial charge in [0.25, 0.3) is 0 Å². The van der Waals surface area contributed by atoms with Gasteiger partial charge < -0.3 is 4.57 Å². The second-order valence-electron chi connectivity index (χ2n) is 1.17. The van der Waals surface area contributed by atoms with E-state index in [9.17, 15) is 0 Å². The van der Waals surface area contributed by atoms with Crippen molar-refractivity contribution in [2.24, 2.45) is 7.05 Å². The Morgan fingerprint density at radius 3 is 2.71 bits per heavy atom. The average molecular weight is 115 g/mol. The van der Waals surface area contributed by atoms with E-state index in [0.717, 1.165) is 0 Å². The summed E-state index contributed by atoms with van der Waals surface area (Å²) in [5, 5.41) is 0.486. The molecule has 0 aliphatic carbocycles. The Kier molecular flexibility index (Phi) is 1.02. The quantitative estimate of drug-likeness (QED) is 0.485. The van der Waals surface area contributed by atoms with Crippen LogP contribution < -0.4 is 0 Å². The molecule has 0 bridgehead atoms. The van der Waals surface area contributed by atoms with Crippen molar-refractivity contribution >= 4 is 11.6 Å². The summed E-state index contributed by atoms with van der Waals surface area (Å²) in [7, 11) is 1.76. The van der Waals surface area contributed by atoms with E-state index >= 15 is 0 Å². The van der Waals surface area contributed by atoms with Crippen LogP contribution in [0.25, 0.3) is 0 Å². The third-order valence-electron chi connectivity index (χ3n) is 0.643. The van der Waals surface area contributed by atoms with Crippen LogP contribution in [0.2, 0.25) is 5.15 Å². The Balaban J connectivity index is 3.12. The van der Waals surface area contributed by atoms with Gasteiger partial charge in [-0.05, 0) is 0 Å². The van der Waals surface area contributed by atoms with E-state index in [-0.39, 0.29) is 0 Å². The molecule has 1 rings (SSSR count). The number of aryl methyl sites for hydroxylation is 1. The SMILES string of the molecule is Cn1[c]n[c]c1Cl. The highest BCUT2D eigenvalue weighted by atomic mass is 35.5. The third-order valence-corrected chi connectivity index (χ3v) is 0.981. The zero-order chi connectivity index (χ0) is 5.28. The van der Waals surface area contributed by atoms with Crippen molar-refractivity contribution in [1.29, 1.82) is 0 Å². The fourth-order valence-corrected chi connectivity index (χ4v) is 0.345. The van der Waals surface area contributed by atoms with Crippen LogP contribution in [0.15, 0.2) is 0 Å². The van der Waals surface area contributed by atoms with Gasteiger partial charge in [0.1, 0.15) is 11.3 Å². The van der Waals surface area contributed by atoms with Crippen molar-refractivity contribution in [2.45, 2.75) is 0 Å². The zero-order valence-electron chi connectivity index (χ0n) is 3.77. The Morgan fingerprint density at radius 1 is 1.86 bits per heavy atom. The summed E-state index contributed by atoms with van der Waals surface area (Å²) in [4.78, 5) is 3.50. The van der Waals surface area contributed by atoms with Crippen LogP contribution in [0, 0.1) is 12.5 Å². The number of aromatic nitrogens is 2. The fourth-order valence-electron chi connectivity index (χ4n) is 0.265. The van der Waals surface area contributed by atoms with E-state index in [1.165, 1.54) is 0 Å². The van der Waals surface area contributed by atoms with Crippen LogP contribution in [-0.2, 0) is 7.05 Å². The van der Waals surface area contributed by atoms with Gasteiger partial charge in [-0.1, -0.05) is 11.6 Å². The van der Waals surface area contributed by atoms with Crippen molar-refractivity contribution in [3.8, 4) is 0 Å². The summed E-state index contributed by atoms with van der Waals surface area (Å²) in [6, 6.07) is 0. The molecule has 7 heavy (non-hydrogen) atoms. The maximum Gasteiger partial charge on any atom is 0.178 e. The van der Waals surface area contributed by atoms with E-state index in [2.05, 4.69) is 17.5 Å². The van der Waals surface area contributed by atoms with Crippen molar-refractivity contribution in [3.63, 3.8) is 0 Å². The Hall–Kier alpha value is -0.500. The Bertz CT molecular complexity index is 142. The largest absolute Gasteiger partial charge is 0.315 e. The predicted molar refractivity (Wildman–Crippen MR) is 25.9 cm³/mol. The normalized spacial score (nSPS) is 9.43. The highest BCUT2D eigenvalue weighted by molar-refractivity contribution is 6.29. The molecular weight excluding hydrogens is 112 g/mol. The van der Waals surface area contributed by atoms with Crippen LogP contribution in [0.1, 0.15) is 0 Å². The first-order chi connectivity index (χ1) is 3.30. The molecule has 1 heterocycles. The highest BCUT2D eigenvalue weighted by Gasteiger charge is 1.89. The molecule has 0 aromatic carbocycles. The van der Waals surface area contributed by atoms with Crippen LogP contribution in [0.4, 0.5) is 0 Å². The van der Waals surface area contributed by atoms with Crippen LogP contribution in [0.5, 0.6) is 0 Å². The highest BCUT2D eigenvalue weighted by Crippen LogP contribution is 2.00. The lowest BCUT2D eigenvalue weighted by Gasteiger charge is -1.83. The summed E-state index contributed by atoms with van der Waals surface area (Å²) < 4.78 is 1.56. The first kappa shape index (κ1) is 4.65. The van der Waals surface area contributed by atoms with Gasteiger partial charge >= 0.3 is 0 Å². The molecule has 0 spiro atoms. The maximum atomic E-state index is 5.44. The molecule has 2 radical (unpaired) electrons. The van der Waals surface area contributed by atoms with Gasteiger partial charge in [0.2, 0.25) is 0 Å². The predicted octanol–water partition coefficient (Wildman–Crippen LogP) is 0.674. The van der Waals surface area contributed by atoms with Gasteiger partial charge in [0.05, 0.1) is 0 Å². The number of imidazole rings is 1. The van der Waals surface area contributed by atoms with Gasteiger partial charge in [-0.2, -0.15) is 0 Å². The second-order valence-corrected chi connectivity index (χ2v) is 1.53. The molecule has 0 unspecified atom stereocenters. The lowest BCUT2D eigenvalue weighted by atomic mass is 10.9. The van der Waals surface area contributed by atoms with Crippen molar-refractivity contribution in [2.75, 3.05) is 0 Å². The lowest BCUT2D eigenvalue weighted by Crippen LogP contribution is -1.81. The molecule has 0 saturated heterocycles. The number of nitrogens with zero attached hydrogens (tertiary/aromatic N) is 2. The van der Waals surface area contributed by atoms with Gasteiger partial charge in [-0.15, -0.1) is 0 Å². The lowest BCUT2D eigenvalue weighted by molar-refractivity contribution is 0.903. The van der Waals surface area contributed by atoms with Crippen LogP contribution in [0.3, 0.4) is 0 Å². The molecule has 3 heteroatoms. The van der Waals surface area contributed by atoms with Crippen LogP contribution in [-0.4, -0.2) is 9.55 Å². The summed E-state index contributed by atoms with van der Waals surface area (Å²) in [5.74, 6) is 0. The van der Waals surface area contributed by atoms with Gasteiger partial charge in [-0.25, -0.2) is 4.98 Å². The standard InChI is InChI=1S/C4H3ClN2/c1-7-3-6-2-4(7)5/h1H3. The maximum absolute atomic E-state index is 5.44. The molecule has 36 valence electrons. The Morgan fingerprint density at radius 2 is 2.57 bits per heavy atom. The number of hydrogen-bond donors (Lipinski definition) is 0. The summed E-state index contributed by atoms with van der Waals surface area (Å²) in [6.07, 6.45) is 5.04. The van der Waals surface area contributed by atoms with Crippen molar-refractivity contribution in [3.05, 3.63) is 17.7 Å². The molecule has 1 aromatic rings. The van der Waals surface area contributed by atoms with Crippen molar-refractivity contribution in [1.82, 2.24) is 9.55 Å². The molecule has 0 aliphatic rings. The minimum Gasteiger partial charge on any atom is -0.315 e. The third kappa shape index (κ3) is 0.747. The van der Waals surface area contributed by atoms with Gasteiger partial charge in [0, 0.05) is 7.05 Å². The molecular formula is C4H3ClN2. The molecule has 0 N–H and O–H groups in total. The number of hydrogen-bond acceptors (Lipinski definition) is 1. The number of rotatable bonds is 0. The minimum atomic E-state index is 0.486. The van der Waals surface area contributed by atoms with Gasteiger partial charge in [-0.3, -0.25) is 0 Å². The number of halogens is 1. The van der Waals surface area contributed by atoms with E-state index in [1.807, 2.05) is 0 Å². The van der Waals surface area contributed by atoms with Gasteiger partial charge in [0.15, 0.2) is 6.33 Å². The van der Waals surface area contributed by atoms with E-state index in [4.69, 9.17) is 11.6 Å². The van der Waals surface area contributed by atoms with E-state index in [1.54, 1.807) is 11.6 Å². The zero-order valence-corrected chi connectivity index (χ0v) is 4.53. The molecule has 0 atom stereocenters. The summed E-state index contributed by atoms with van der Waals surface area (Å²) in [6.45, 7) is 0. The smallest absolute Gasteiger partial charge is 0.178 e. The fraction of sp³-hybridized carbons (Fsp3) is 0.250. The Labute approximate surface area is 46.7 Å². The molecule has 0 aliphatic heterocycles. The molecule has 1 aromatic heterocycles. The van der Waals surface area contributed by atoms with E-state index in [0.29, 0.717) is 5.15 Å². The van der Waals surface area contributed by atoms with Crippen LogP contribution >= 0.6 is 11.6 Å². The molecule has 0 amide bonds. The first-order valence-electron chi connectivity index (χ1n) is 1.78. The van der Waals surface area contributed by atoms with Crippen molar-refractivity contribution < 1.29 is 0 Å². The molecule has 0 fully saturated rings. The average Bonchev–Trinajstić information content (AvgIpc) is 1.91. The molecule has 0 saturated carbocycles. The second kappa shape index (κ2) is 1.54. The topological polar surface area (TPSA) is 17.8 Å². The summed E-state index contributed by atoms with van der Waals surface area (Å²) >= 11 is 5.44. The minimum absolute atomic E-state index is 0.486. The molecule has 2 nitrogen and oxygen atoms in total. The summed E-state index contributed by atoms with van der Waals surface area (Å²) in [5.41, 5.74) is 0.